The molecule has 78 valence electrons. The zero-order valence-electron chi connectivity index (χ0n) is 7.86. The third-order valence-electron chi connectivity index (χ3n) is 1.07. The topological polar surface area (TPSA) is 26.3 Å². The second-order valence-corrected chi connectivity index (χ2v) is 6.53. The number of carbonyl (C=O) groups is 1. The fourth-order valence-electron chi connectivity index (χ4n) is 0.646. The second kappa shape index (κ2) is 4.72. The van der Waals surface area contributed by atoms with Gasteiger partial charge < -0.3 is 4.74 Å². The molecule has 0 rings (SSSR count). The minimum atomic E-state index is -1.52. The summed E-state index contributed by atoms with van der Waals surface area (Å²) < 4.78 is 3.23. The predicted molar refractivity (Wildman–Crippen MR) is 55.3 cm³/mol. The van der Waals surface area contributed by atoms with E-state index in [1.165, 1.54) is 0 Å². The normalized spacial score (nSPS) is 12.8. The Morgan fingerprint density at radius 3 is 2.00 bits per heavy atom. The van der Waals surface area contributed by atoms with Gasteiger partial charge in [-0.3, -0.25) is 4.79 Å². The zero-order valence-corrected chi connectivity index (χ0v) is 10.1. The minimum absolute atomic E-state index is 0.106. The first-order valence-electron chi connectivity index (χ1n) is 3.82. The lowest BCUT2D eigenvalue weighted by Crippen LogP contribution is -2.21. The molecule has 0 aliphatic rings. The first-order chi connectivity index (χ1) is 5.60. The van der Waals surface area contributed by atoms with E-state index in [0.717, 1.165) is 0 Å². The van der Waals surface area contributed by atoms with Crippen molar-refractivity contribution >= 4 is 40.8 Å². The molecule has 13 heavy (non-hydrogen) atoms. The van der Waals surface area contributed by atoms with Crippen LogP contribution in [0.4, 0.5) is 0 Å². The molecule has 0 aromatic rings. The highest BCUT2D eigenvalue weighted by Gasteiger charge is 2.24. The van der Waals surface area contributed by atoms with E-state index in [9.17, 15) is 4.79 Å². The Labute approximate surface area is 93.5 Å². The third-order valence-corrected chi connectivity index (χ3v) is 1.40. The Morgan fingerprint density at radius 2 is 1.69 bits per heavy atom. The van der Waals surface area contributed by atoms with Crippen LogP contribution in [0.1, 0.15) is 27.2 Å². The molecule has 0 atom stereocenters. The van der Waals surface area contributed by atoms with Gasteiger partial charge in [0.1, 0.15) is 6.61 Å². The van der Waals surface area contributed by atoms with Crippen molar-refractivity contribution in [3.05, 3.63) is 0 Å². The van der Waals surface area contributed by atoms with Crippen molar-refractivity contribution in [3.63, 3.8) is 0 Å². The molecule has 0 bridgehead atoms. The zero-order chi connectivity index (χ0) is 10.7. The summed E-state index contributed by atoms with van der Waals surface area (Å²) >= 11 is 16.2. The van der Waals surface area contributed by atoms with Gasteiger partial charge in [-0.25, -0.2) is 0 Å². The number of hydrogen-bond donors (Lipinski definition) is 0. The van der Waals surface area contributed by atoms with Crippen molar-refractivity contribution in [3.8, 4) is 0 Å². The van der Waals surface area contributed by atoms with Gasteiger partial charge in [0, 0.05) is 0 Å². The van der Waals surface area contributed by atoms with Gasteiger partial charge in [-0.15, -0.1) is 0 Å². The predicted octanol–water partition coefficient (Wildman–Crippen LogP) is 3.34. The molecule has 5 heteroatoms. The van der Waals surface area contributed by atoms with Gasteiger partial charge in [-0.05, 0) is 5.41 Å². The van der Waals surface area contributed by atoms with Gasteiger partial charge in [-0.2, -0.15) is 0 Å². The minimum Gasteiger partial charge on any atom is -0.461 e. The molecular weight excluding hydrogens is 234 g/mol. The van der Waals surface area contributed by atoms with Crippen LogP contribution in [0.15, 0.2) is 0 Å². The summed E-state index contributed by atoms with van der Waals surface area (Å²) in [7, 11) is 0. The van der Waals surface area contributed by atoms with E-state index >= 15 is 0 Å². The molecule has 2 nitrogen and oxygen atoms in total. The number of alkyl halides is 3. The quantitative estimate of drug-likeness (QED) is 0.553. The molecule has 0 saturated heterocycles. The Morgan fingerprint density at radius 1 is 1.23 bits per heavy atom. The van der Waals surface area contributed by atoms with E-state index in [4.69, 9.17) is 39.5 Å². The van der Waals surface area contributed by atoms with E-state index in [-0.39, 0.29) is 18.0 Å². The van der Waals surface area contributed by atoms with E-state index in [0.29, 0.717) is 6.42 Å². The largest absolute Gasteiger partial charge is 0.461 e. The number of esters is 1. The number of halogens is 3. The molecule has 0 aromatic carbocycles. The summed E-state index contributed by atoms with van der Waals surface area (Å²) in [6, 6.07) is 0. The fraction of sp³-hybridized carbons (Fsp3) is 0.875. The van der Waals surface area contributed by atoms with E-state index in [1.54, 1.807) is 0 Å². The van der Waals surface area contributed by atoms with Crippen molar-refractivity contribution in [1.29, 1.82) is 0 Å². The third kappa shape index (κ3) is 10.3. The van der Waals surface area contributed by atoms with E-state index in [2.05, 4.69) is 0 Å². The molecule has 0 aliphatic carbocycles. The highest BCUT2D eigenvalue weighted by Crippen LogP contribution is 2.27. The Balaban J connectivity index is 3.78. The highest BCUT2D eigenvalue weighted by molar-refractivity contribution is 6.67. The van der Waals surface area contributed by atoms with Crippen molar-refractivity contribution in [2.75, 3.05) is 6.61 Å². The Kier molecular flexibility index (Phi) is 4.84. The van der Waals surface area contributed by atoms with E-state index < -0.39 is 3.79 Å². The van der Waals surface area contributed by atoms with Crippen LogP contribution in [0.2, 0.25) is 0 Å². The van der Waals surface area contributed by atoms with Crippen LogP contribution in [-0.4, -0.2) is 16.4 Å². The fourth-order valence-corrected chi connectivity index (χ4v) is 0.810. The molecule has 0 spiro atoms. The number of hydrogen-bond acceptors (Lipinski definition) is 2. The summed E-state index contributed by atoms with van der Waals surface area (Å²) in [5.41, 5.74) is -0.106. The smallest absolute Gasteiger partial charge is 0.306 e. The lowest BCUT2D eigenvalue weighted by atomic mass is 9.93. The first kappa shape index (κ1) is 13.3. The average molecular weight is 248 g/mol. The lowest BCUT2D eigenvalue weighted by Gasteiger charge is -2.18. The average Bonchev–Trinajstić information content (AvgIpc) is 1.78. The van der Waals surface area contributed by atoms with Crippen LogP contribution < -0.4 is 0 Å². The van der Waals surface area contributed by atoms with Crippen LogP contribution in [-0.2, 0) is 9.53 Å². The maximum absolute atomic E-state index is 11.1. The van der Waals surface area contributed by atoms with E-state index in [1.807, 2.05) is 20.8 Å². The molecule has 0 unspecified atom stereocenters. The van der Waals surface area contributed by atoms with Gasteiger partial charge in [0.15, 0.2) is 0 Å². The van der Waals surface area contributed by atoms with Crippen molar-refractivity contribution in [1.82, 2.24) is 0 Å². The monoisotopic (exact) mass is 246 g/mol. The van der Waals surface area contributed by atoms with Crippen LogP contribution in [0, 0.1) is 5.41 Å². The second-order valence-electron chi connectivity index (χ2n) is 4.01. The number of ether oxygens (including phenoxy) is 1. The van der Waals surface area contributed by atoms with Crippen LogP contribution in [0.3, 0.4) is 0 Å². The molecule has 0 radical (unpaired) electrons. The molecule has 0 amide bonds. The van der Waals surface area contributed by atoms with Gasteiger partial charge in [0.2, 0.25) is 3.79 Å². The van der Waals surface area contributed by atoms with Gasteiger partial charge >= 0.3 is 5.97 Å². The van der Waals surface area contributed by atoms with Crippen molar-refractivity contribution < 1.29 is 9.53 Å². The van der Waals surface area contributed by atoms with Crippen LogP contribution >= 0.6 is 34.8 Å². The molecule has 0 aliphatic heterocycles. The van der Waals surface area contributed by atoms with Crippen molar-refractivity contribution in [2.24, 2.45) is 5.41 Å². The summed E-state index contributed by atoms with van der Waals surface area (Å²) in [6.45, 7) is 5.60. The van der Waals surface area contributed by atoms with Gasteiger partial charge in [0.05, 0.1) is 6.42 Å². The molecule has 0 aromatic heterocycles. The number of rotatable bonds is 2. The Hall–Kier alpha value is 0.340. The lowest BCUT2D eigenvalue weighted by molar-refractivity contribution is -0.145. The molecule has 0 saturated carbocycles. The summed E-state index contributed by atoms with van der Waals surface area (Å²) in [5, 5.41) is 0. The van der Waals surface area contributed by atoms with Gasteiger partial charge in [0.25, 0.3) is 0 Å². The summed E-state index contributed by atoms with van der Waals surface area (Å²) in [4.78, 5) is 11.1. The molecule has 0 N–H and O–H groups in total. The molecule has 0 heterocycles. The molecule has 0 fully saturated rings. The van der Waals surface area contributed by atoms with Crippen LogP contribution in [0.25, 0.3) is 0 Å². The maximum atomic E-state index is 11.1. The van der Waals surface area contributed by atoms with Gasteiger partial charge in [-0.1, -0.05) is 55.6 Å². The SMILES string of the molecule is CC(C)(C)CC(=O)OCC(Cl)(Cl)Cl. The summed E-state index contributed by atoms with van der Waals surface area (Å²) in [5.74, 6) is -0.348. The van der Waals surface area contributed by atoms with Crippen molar-refractivity contribution in [2.45, 2.75) is 31.0 Å². The standard InChI is InChI=1S/C8H13Cl3O2/c1-7(2,3)4-6(12)13-5-8(9,10)11/h4-5H2,1-3H3. The number of carbonyl (C=O) groups excluding carboxylic acids is 1. The summed E-state index contributed by atoms with van der Waals surface area (Å²) in [6.07, 6.45) is 0.313. The molecular formula is C8H13Cl3O2. The Bertz CT molecular complexity index is 179. The highest BCUT2D eigenvalue weighted by atomic mass is 35.6. The van der Waals surface area contributed by atoms with Crippen LogP contribution in [0.5, 0.6) is 0 Å². The first-order valence-corrected chi connectivity index (χ1v) is 4.96. The maximum Gasteiger partial charge on any atom is 0.306 e.